The van der Waals surface area contributed by atoms with Crippen LogP contribution in [-0.4, -0.2) is 33.0 Å². The van der Waals surface area contributed by atoms with Crippen LogP contribution in [0, 0.1) is 5.92 Å². The summed E-state index contributed by atoms with van der Waals surface area (Å²) in [6.45, 7) is 2.68. The van der Waals surface area contributed by atoms with Crippen molar-refractivity contribution in [2.45, 2.75) is 37.8 Å². The first-order chi connectivity index (χ1) is 9.88. The molecule has 1 fully saturated rings. The fourth-order valence-electron chi connectivity index (χ4n) is 3.42. The van der Waals surface area contributed by atoms with E-state index < -0.39 is 0 Å². The molecule has 0 saturated carbocycles. The normalized spacial score (nSPS) is 27.2. The zero-order valence-corrected chi connectivity index (χ0v) is 12.3. The molecule has 1 heterocycles. The highest BCUT2D eigenvalue weighted by Gasteiger charge is 2.29. The summed E-state index contributed by atoms with van der Waals surface area (Å²) in [5.41, 5.74) is 2.89. The lowest BCUT2D eigenvalue weighted by Crippen LogP contribution is -2.37. The molecule has 3 nitrogen and oxygen atoms in total. The number of ether oxygens (including phenoxy) is 2. The SMILES string of the molecule is CNC1c2ccccc2CCC1OCC1CCOCC1. The van der Waals surface area contributed by atoms with E-state index in [4.69, 9.17) is 9.47 Å². The molecule has 1 aromatic carbocycles. The molecule has 2 unspecified atom stereocenters. The Hall–Kier alpha value is -0.900. The van der Waals surface area contributed by atoms with Crippen LogP contribution in [0.2, 0.25) is 0 Å². The summed E-state index contributed by atoms with van der Waals surface area (Å²) in [6, 6.07) is 9.08. The van der Waals surface area contributed by atoms with Gasteiger partial charge in [-0.25, -0.2) is 0 Å². The van der Waals surface area contributed by atoms with Gasteiger partial charge < -0.3 is 14.8 Å². The van der Waals surface area contributed by atoms with Crippen LogP contribution in [0.15, 0.2) is 24.3 Å². The van der Waals surface area contributed by atoms with Gasteiger partial charge in [0.25, 0.3) is 0 Å². The zero-order valence-electron chi connectivity index (χ0n) is 12.3. The highest BCUT2D eigenvalue weighted by Crippen LogP contribution is 2.32. The monoisotopic (exact) mass is 275 g/mol. The van der Waals surface area contributed by atoms with Crippen LogP contribution in [0.1, 0.15) is 36.4 Å². The number of aryl methyl sites for hydroxylation is 1. The number of fused-ring (bicyclic) bond motifs is 1. The first-order valence-electron chi connectivity index (χ1n) is 7.83. The van der Waals surface area contributed by atoms with Crippen molar-refractivity contribution in [3.8, 4) is 0 Å². The van der Waals surface area contributed by atoms with E-state index in [1.807, 2.05) is 7.05 Å². The lowest BCUT2D eigenvalue weighted by atomic mass is 9.85. The highest BCUT2D eigenvalue weighted by atomic mass is 16.5. The highest BCUT2D eigenvalue weighted by molar-refractivity contribution is 5.33. The van der Waals surface area contributed by atoms with Gasteiger partial charge in [0.1, 0.15) is 0 Å². The van der Waals surface area contributed by atoms with Gasteiger partial charge in [0, 0.05) is 13.2 Å². The second-order valence-corrected chi connectivity index (χ2v) is 5.93. The van der Waals surface area contributed by atoms with E-state index in [9.17, 15) is 0 Å². The molecule has 110 valence electrons. The van der Waals surface area contributed by atoms with Gasteiger partial charge in [-0.3, -0.25) is 0 Å². The molecule has 3 heteroatoms. The van der Waals surface area contributed by atoms with E-state index in [2.05, 4.69) is 29.6 Å². The van der Waals surface area contributed by atoms with E-state index in [1.165, 1.54) is 11.1 Å². The third-order valence-corrected chi connectivity index (χ3v) is 4.66. The van der Waals surface area contributed by atoms with Crippen LogP contribution in [0.3, 0.4) is 0 Å². The van der Waals surface area contributed by atoms with Crippen molar-refractivity contribution in [3.63, 3.8) is 0 Å². The molecule has 0 aromatic heterocycles. The van der Waals surface area contributed by atoms with Gasteiger partial charge in [0.2, 0.25) is 0 Å². The Bertz CT molecular complexity index is 429. The van der Waals surface area contributed by atoms with Gasteiger partial charge in [0.15, 0.2) is 0 Å². The molecule has 0 bridgehead atoms. The summed E-state index contributed by atoms with van der Waals surface area (Å²) in [5, 5.41) is 3.45. The fraction of sp³-hybridized carbons (Fsp3) is 0.647. The van der Waals surface area contributed by atoms with Gasteiger partial charge in [-0.05, 0) is 49.8 Å². The first-order valence-corrected chi connectivity index (χ1v) is 7.83. The largest absolute Gasteiger partial charge is 0.381 e. The van der Waals surface area contributed by atoms with Crippen molar-refractivity contribution in [1.29, 1.82) is 0 Å². The number of likely N-dealkylation sites (N-methyl/N-ethyl adjacent to an activating group) is 1. The van der Waals surface area contributed by atoms with Crippen LogP contribution in [0.4, 0.5) is 0 Å². The molecule has 3 rings (SSSR count). The molecule has 1 saturated heterocycles. The predicted molar refractivity (Wildman–Crippen MR) is 79.8 cm³/mol. The fourth-order valence-corrected chi connectivity index (χ4v) is 3.42. The Kier molecular flexibility index (Phi) is 4.71. The van der Waals surface area contributed by atoms with Crippen LogP contribution in [0.25, 0.3) is 0 Å². The molecular formula is C17H25NO2. The molecule has 0 spiro atoms. The molecular weight excluding hydrogens is 250 g/mol. The number of hydrogen-bond acceptors (Lipinski definition) is 3. The van der Waals surface area contributed by atoms with Crippen LogP contribution in [0.5, 0.6) is 0 Å². The molecule has 0 radical (unpaired) electrons. The van der Waals surface area contributed by atoms with Crippen molar-refractivity contribution in [3.05, 3.63) is 35.4 Å². The van der Waals surface area contributed by atoms with Crippen molar-refractivity contribution in [2.24, 2.45) is 5.92 Å². The lowest BCUT2D eigenvalue weighted by molar-refractivity contribution is -0.0292. The maximum atomic E-state index is 6.26. The van der Waals surface area contributed by atoms with E-state index in [-0.39, 0.29) is 0 Å². The zero-order chi connectivity index (χ0) is 13.8. The van der Waals surface area contributed by atoms with Crippen LogP contribution >= 0.6 is 0 Å². The minimum Gasteiger partial charge on any atom is -0.381 e. The van der Waals surface area contributed by atoms with Crippen molar-refractivity contribution in [2.75, 3.05) is 26.9 Å². The van der Waals surface area contributed by atoms with Crippen LogP contribution < -0.4 is 5.32 Å². The van der Waals surface area contributed by atoms with Crippen molar-refractivity contribution < 1.29 is 9.47 Å². The Morgan fingerprint density at radius 1 is 1.20 bits per heavy atom. The Morgan fingerprint density at radius 3 is 2.80 bits per heavy atom. The van der Waals surface area contributed by atoms with E-state index in [1.54, 1.807) is 0 Å². The number of rotatable bonds is 4. The molecule has 1 aliphatic carbocycles. The summed E-state index contributed by atoms with van der Waals surface area (Å²) >= 11 is 0. The molecule has 1 aromatic rings. The number of benzene rings is 1. The minimum absolute atomic E-state index is 0.303. The quantitative estimate of drug-likeness (QED) is 0.916. The Labute approximate surface area is 121 Å². The second-order valence-electron chi connectivity index (χ2n) is 5.93. The maximum Gasteiger partial charge on any atom is 0.0773 e. The average molecular weight is 275 g/mol. The Morgan fingerprint density at radius 2 is 2.00 bits per heavy atom. The molecule has 0 amide bonds. The third-order valence-electron chi connectivity index (χ3n) is 4.66. The predicted octanol–water partition coefficient (Wildman–Crippen LogP) is 2.71. The van der Waals surface area contributed by atoms with Gasteiger partial charge in [-0.2, -0.15) is 0 Å². The lowest BCUT2D eigenvalue weighted by Gasteiger charge is -2.34. The van der Waals surface area contributed by atoms with Crippen molar-refractivity contribution in [1.82, 2.24) is 5.32 Å². The molecule has 2 aliphatic rings. The number of nitrogens with one attached hydrogen (secondary N) is 1. The van der Waals surface area contributed by atoms with Crippen LogP contribution in [-0.2, 0) is 15.9 Å². The molecule has 1 aliphatic heterocycles. The van der Waals surface area contributed by atoms with Gasteiger partial charge in [-0.1, -0.05) is 24.3 Å². The minimum atomic E-state index is 0.303. The summed E-state index contributed by atoms with van der Waals surface area (Å²) < 4.78 is 11.7. The smallest absolute Gasteiger partial charge is 0.0773 e. The van der Waals surface area contributed by atoms with E-state index >= 15 is 0 Å². The summed E-state index contributed by atoms with van der Waals surface area (Å²) in [5.74, 6) is 0.679. The first kappa shape index (κ1) is 14.1. The van der Waals surface area contributed by atoms with Crippen molar-refractivity contribution >= 4 is 0 Å². The second kappa shape index (κ2) is 6.70. The summed E-state index contributed by atoms with van der Waals surface area (Å²) in [4.78, 5) is 0. The Balaban J connectivity index is 1.62. The topological polar surface area (TPSA) is 30.5 Å². The standard InChI is InChI=1S/C17H25NO2/c1-18-17-15-5-3-2-4-14(15)6-7-16(17)20-12-13-8-10-19-11-9-13/h2-5,13,16-18H,6-12H2,1H3. The van der Waals surface area contributed by atoms with E-state index in [0.717, 1.165) is 45.5 Å². The number of hydrogen-bond donors (Lipinski definition) is 1. The van der Waals surface area contributed by atoms with Gasteiger partial charge in [-0.15, -0.1) is 0 Å². The van der Waals surface area contributed by atoms with Gasteiger partial charge >= 0.3 is 0 Å². The molecule has 2 atom stereocenters. The average Bonchev–Trinajstić information content (AvgIpc) is 2.53. The summed E-state index contributed by atoms with van der Waals surface area (Å²) in [7, 11) is 2.04. The third kappa shape index (κ3) is 3.05. The van der Waals surface area contributed by atoms with E-state index in [0.29, 0.717) is 18.1 Å². The molecule has 1 N–H and O–H groups in total. The maximum absolute atomic E-state index is 6.26. The summed E-state index contributed by atoms with van der Waals surface area (Å²) in [6.07, 6.45) is 4.84. The molecule has 20 heavy (non-hydrogen) atoms. The van der Waals surface area contributed by atoms with Gasteiger partial charge in [0.05, 0.1) is 18.8 Å².